The molecule has 0 heterocycles. The Hall–Kier alpha value is -0.510. The smallest absolute Gasteiger partial charge is 0.0242 e. The van der Waals surface area contributed by atoms with Gasteiger partial charge < -0.3 is 10.6 Å². The summed E-state index contributed by atoms with van der Waals surface area (Å²) in [7, 11) is 2.15. The van der Waals surface area contributed by atoms with Gasteiger partial charge in [0, 0.05) is 28.8 Å². The first kappa shape index (κ1) is 16.5. The van der Waals surface area contributed by atoms with Gasteiger partial charge >= 0.3 is 0 Å². The molecule has 0 radical (unpaired) electrons. The molecule has 108 valence electrons. The third kappa shape index (κ3) is 6.46. The summed E-state index contributed by atoms with van der Waals surface area (Å²) in [6, 6.07) is 8.96. The molecule has 3 heteroatoms. The first-order valence-electron chi connectivity index (χ1n) is 7.03. The summed E-state index contributed by atoms with van der Waals surface area (Å²) in [6.07, 6.45) is 1.03. The van der Waals surface area contributed by atoms with E-state index < -0.39 is 0 Å². The average Bonchev–Trinajstić information content (AvgIpc) is 2.29. The number of hydrogen-bond donors (Lipinski definition) is 1. The first-order valence-corrected chi connectivity index (χ1v) is 7.84. The van der Waals surface area contributed by atoms with Crippen LogP contribution in [0, 0.1) is 0 Å². The maximum atomic E-state index is 6.02. The Bertz CT molecular complexity index is 385. The van der Waals surface area contributed by atoms with Gasteiger partial charge in [-0.25, -0.2) is 0 Å². The van der Waals surface area contributed by atoms with Crippen LogP contribution in [-0.4, -0.2) is 29.3 Å². The number of likely N-dealkylation sites (N-methyl/N-ethyl adjacent to an activating group) is 1. The highest BCUT2D eigenvalue weighted by molar-refractivity contribution is 8.00. The van der Waals surface area contributed by atoms with E-state index in [9.17, 15) is 0 Å². The van der Waals surface area contributed by atoms with Gasteiger partial charge in [-0.1, -0.05) is 45.9 Å². The lowest BCUT2D eigenvalue weighted by atomic mass is 10.2. The van der Waals surface area contributed by atoms with Crippen LogP contribution in [0.2, 0.25) is 0 Å². The van der Waals surface area contributed by atoms with Crippen LogP contribution in [0.5, 0.6) is 0 Å². The molecule has 0 aliphatic heterocycles. The van der Waals surface area contributed by atoms with E-state index in [4.69, 9.17) is 5.73 Å². The lowest BCUT2D eigenvalue weighted by Gasteiger charge is -2.24. The number of benzene rings is 1. The van der Waals surface area contributed by atoms with E-state index in [0.29, 0.717) is 0 Å². The van der Waals surface area contributed by atoms with Gasteiger partial charge in [0.25, 0.3) is 0 Å². The van der Waals surface area contributed by atoms with Gasteiger partial charge in [-0.15, -0.1) is 11.8 Å². The summed E-state index contributed by atoms with van der Waals surface area (Å²) >= 11 is 1.94. The van der Waals surface area contributed by atoms with Gasteiger partial charge in [0.2, 0.25) is 0 Å². The Morgan fingerprint density at radius 3 is 2.47 bits per heavy atom. The predicted molar refractivity (Wildman–Crippen MR) is 86.7 cm³/mol. The van der Waals surface area contributed by atoms with E-state index in [-0.39, 0.29) is 10.8 Å². The molecule has 0 bridgehead atoms. The van der Waals surface area contributed by atoms with E-state index in [1.807, 2.05) is 11.8 Å². The molecule has 1 unspecified atom stereocenters. The van der Waals surface area contributed by atoms with Crippen LogP contribution in [0.15, 0.2) is 29.2 Å². The van der Waals surface area contributed by atoms with E-state index in [1.54, 1.807) is 0 Å². The van der Waals surface area contributed by atoms with Gasteiger partial charge in [-0.05, 0) is 25.1 Å². The number of nitrogens with zero attached hydrogens (tertiary/aromatic N) is 1. The van der Waals surface area contributed by atoms with E-state index >= 15 is 0 Å². The van der Waals surface area contributed by atoms with Gasteiger partial charge in [-0.3, -0.25) is 0 Å². The Morgan fingerprint density at radius 2 is 1.89 bits per heavy atom. The van der Waals surface area contributed by atoms with Crippen molar-refractivity contribution in [2.45, 2.75) is 56.3 Å². The minimum absolute atomic E-state index is 0.245. The molecule has 0 aliphatic rings. The lowest BCUT2D eigenvalue weighted by Crippen LogP contribution is -2.34. The zero-order valence-corrected chi connectivity index (χ0v) is 13.8. The van der Waals surface area contributed by atoms with Crippen molar-refractivity contribution in [3.05, 3.63) is 29.8 Å². The lowest BCUT2D eigenvalue weighted by molar-refractivity contribution is 0.298. The molecule has 0 amide bonds. The topological polar surface area (TPSA) is 29.3 Å². The van der Waals surface area contributed by atoms with Crippen LogP contribution in [-0.2, 0) is 6.54 Å². The standard InChI is InChI=1S/C16H28N2S/c1-6-14(17)12-18(5)11-13-9-7-8-10-15(13)19-16(2,3)4/h7-10,14H,6,11-12,17H2,1-5H3. The van der Waals surface area contributed by atoms with Crippen molar-refractivity contribution >= 4 is 11.8 Å². The van der Waals surface area contributed by atoms with Gasteiger partial charge in [0.1, 0.15) is 0 Å². The van der Waals surface area contributed by atoms with Crippen molar-refractivity contribution in [1.82, 2.24) is 4.90 Å². The van der Waals surface area contributed by atoms with Crippen molar-refractivity contribution in [2.75, 3.05) is 13.6 Å². The summed E-state index contributed by atoms with van der Waals surface area (Å²) < 4.78 is 0.245. The normalized spacial score (nSPS) is 13.8. The van der Waals surface area contributed by atoms with Crippen molar-refractivity contribution < 1.29 is 0 Å². The Balaban J connectivity index is 2.72. The number of hydrogen-bond acceptors (Lipinski definition) is 3. The quantitative estimate of drug-likeness (QED) is 0.805. The highest BCUT2D eigenvalue weighted by atomic mass is 32.2. The SMILES string of the molecule is CCC(N)CN(C)Cc1ccccc1SC(C)(C)C. The molecule has 1 rings (SSSR count). The molecule has 1 aromatic carbocycles. The molecule has 0 saturated heterocycles. The van der Waals surface area contributed by atoms with Crippen LogP contribution in [0.4, 0.5) is 0 Å². The van der Waals surface area contributed by atoms with Gasteiger partial charge in [0.05, 0.1) is 0 Å². The fourth-order valence-electron chi connectivity index (χ4n) is 1.95. The number of nitrogens with two attached hydrogens (primary N) is 1. The third-order valence-corrected chi connectivity index (χ3v) is 4.13. The fraction of sp³-hybridized carbons (Fsp3) is 0.625. The molecule has 2 N–H and O–H groups in total. The van der Waals surface area contributed by atoms with E-state index in [0.717, 1.165) is 19.5 Å². The van der Waals surface area contributed by atoms with Crippen LogP contribution < -0.4 is 5.73 Å². The number of thioether (sulfide) groups is 1. The zero-order chi connectivity index (χ0) is 14.5. The number of rotatable bonds is 6. The molecule has 0 aromatic heterocycles. The predicted octanol–water partition coefficient (Wildman–Crippen LogP) is 3.75. The van der Waals surface area contributed by atoms with Crippen LogP contribution in [0.25, 0.3) is 0 Å². The highest BCUT2D eigenvalue weighted by Crippen LogP contribution is 2.34. The van der Waals surface area contributed by atoms with E-state index in [2.05, 4.69) is 63.9 Å². The van der Waals surface area contributed by atoms with Gasteiger partial charge in [-0.2, -0.15) is 0 Å². The van der Waals surface area contributed by atoms with Crippen molar-refractivity contribution in [3.63, 3.8) is 0 Å². The van der Waals surface area contributed by atoms with Gasteiger partial charge in [0.15, 0.2) is 0 Å². The molecule has 1 atom stereocenters. The summed E-state index contributed by atoms with van der Waals surface area (Å²) in [5, 5.41) is 0. The summed E-state index contributed by atoms with van der Waals surface area (Å²) in [4.78, 5) is 3.70. The molecular weight excluding hydrogens is 252 g/mol. The zero-order valence-electron chi connectivity index (χ0n) is 12.9. The summed E-state index contributed by atoms with van der Waals surface area (Å²) in [5.74, 6) is 0. The first-order chi connectivity index (χ1) is 8.81. The third-order valence-electron chi connectivity index (χ3n) is 2.90. The summed E-state index contributed by atoms with van der Waals surface area (Å²) in [5.41, 5.74) is 7.42. The van der Waals surface area contributed by atoms with Crippen molar-refractivity contribution in [1.29, 1.82) is 0 Å². The molecular formula is C16H28N2S. The largest absolute Gasteiger partial charge is 0.327 e. The van der Waals surface area contributed by atoms with Crippen molar-refractivity contribution in [3.8, 4) is 0 Å². The molecule has 1 aromatic rings. The molecule has 0 spiro atoms. The van der Waals surface area contributed by atoms with E-state index in [1.165, 1.54) is 10.5 Å². The maximum Gasteiger partial charge on any atom is 0.0242 e. The Labute approximate surface area is 122 Å². The molecule has 0 saturated carbocycles. The second-order valence-electron chi connectivity index (χ2n) is 6.19. The van der Waals surface area contributed by atoms with Crippen LogP contribution >= 0.6 is 11.8 Å². The molecule has 2 nitrogen and oxygen atoms in total. The maximum absolute atomic E-state index is 6.02. The summed E-state index contributed by atoms with van der Waals surface area (Å²) in [6.45, 7) is 10.8. The Kier molecular flexibility index (Phi) is 6.37. The molecule has 19 heavy (non-hydrogen) atoms. The Morgan fingerprint density at radius 1 is 1.26 bits per heavy atom. The second kappa shape index (κ2) is 7.32. The average molecular weight is 280 g/mol. The fourth-order valence-corrected chi connectivity index (χ4v) is 3.02. The van der Waals surface area contributed by atoms with Crippen molar-refractivity contribution in [2.24, 2.45) is 5.73 Å². The second-order valence-corrected chi connectivity index (χ2v) is 8.06. The van der Waals surface area contributed by atoms with Crippen LogP contribution in [0.1, 0.15) is 39.7 Å². The monoisotopic (exact) mass is 280 g/mol. The highest BCUT2D eigenvalue weighted by Gasteiger charge is 2.15. The molecule has 0 aliphatic carbocycles. The van der Waals surface area contributed by atoms with Crippen LogP contribution in [0.3, 0.4) is 0 Å². The minimum atomic E-state index is 0.245. The molecule has 0 fully saturated rings. The minimum Gasteiger partial charge on any atom is -0.327 e.